The van der Waals surface area contributed by atoms with Crippen LogP contribution in [0.15, 0.2) is 40.9 Å². The molecule has 5 N–H and O–H groups in total. The summed E-state index contributed by atoms with van der Waals surface area (Å²) in [5.74, 6) is 0.354. The minimum atomic E-state index is -0.586. The number of nitrogens with one attached hydrogen (secondary N) is 3. The highest BCUT2D eigenvalue weighted by atomic mass is 79.9. The molecule has 2 atom stereocenters. The summed E-state index contributed by atoms with van der Waals surface area (Å²) in [5, 5.41) is 9.44. The van der Waals surface area contributed by atoms with Crippen molar-refractivity contribution in [2.45, 2.75) is 83.5 Å². The summed E-state index contributed by atoms with van der Waals surface area (Å²) in [6.07, 6.45) is 3.31. The fourth-order valence-corrected chi connectivity index (χ4v) is 4.61. The molecule has 35 heavy (non-hydrogen) atoms. The molecule has 9 heteroatoms. The van der Waals surface area contributed by atoms with Gasteiger partial charge in [-0.3, -0.25) is 4.79 Å². The van der Waals surface area contributed by atoms with Crippen LogP contribution in [-0.4, -0.2) is 34.7 Å². The highest BCUT2D eigenvalue weighted by Crippen LogP contribution is 2.30. The topological polar surface area (TPSA) is 118 Å². The third-order valence-electron chi connectivity index (χ3n) is 5.96. The van der Waals surface area contributed by atoms with E-state index in [2.05, 4.69) is 36.9 Å². The molecule has 2 aromatic rings. The van der Waals surface area contributed by atoms with Gasteiger partial charge in [0.05, 0.1) is 21.6 Å². The van der Waals surface area contributed by atoms with E-state index in [1.165, 1.54) is 0 Å². The Bertz CT molecular complexity index is 1050. The molecule has 2 amide bonds. The Morgan fingerprint density at radius 1 is 1.06 bits per heavy atom. The van der Waals surface area contributed by atoms with Gasteiger partial charge >= 0.3 is 6.09 Å². The quantitative estimate of drug-likeness (QED) is 0.389. The maximum absolute atomic E-state index is 13.1. The van der Waals surface area contributed by atoms with Crippen LogP contribution in [0.25, 0.3) is 0 Å². The van der Waals surface area contributed by atoms with Crippen molar-refractivity contribution < 1.29 is 14.3 Å². The van der Waals surface area contributed by atoms with Crippen LogP contribution in [0.5, 0.6) is 0 Å². The van der Waals surface area contributed by atoms with Gasteiger partial charge in [-0.2, -0.15) is 0 Å². The zero-order valence-corrected chi connectivity index (χ0v) is 22.7. The van der Waals surface area contributed by atoms with E-state index >= 15 is 0 Å². The van der Waals surface area contributed by atoms with E-state index in [4.69, 9.17) is 10.5 Å². The van der Waals surface area contributed by atoms with Gasteiger partial charge in [0.1, 0.15) is 17.2 Å². The maximum Gasteiger partial charge on any atom is 0.407 e. The highest BCUT2D eigenvalue weighted by Gasteiger charge is 2.30. The van der Waals surface area contributed by atoms with Crippen molar-refractivity contribution in [2.24, 2.45) is 0 Å². The minimum Gasteiger partial charge on any atom is -0.444 e. The van der Waals surface area contributed by atoms with E-state index in [1.54, 1.807) is 6.07 Å². The number of hydrogen-bond acceptors (Lipinski definition) is 6. The predicted molar refractivity (Wildman–Crippen MR) is 142 cm³/mol. The molecule has 0 saturated heterocycles. The molecule has 1 aliphatic rings. The summed E-state index contributed by atoms with van der Waals surface area (Å²) in [6, 6.07) is 11.3. The SMILES string of the molecule is CC(C)(C)OC(=O)NC1CCCCC1Nc1nc(N)c(C(=O)NC(C)(C)c2ccccc2)cc1Br. The Hall–Kier alpha value is -2.81. The van der Waals surface area contributed by atoms with Crippen LogP contribution >= 0.6 is 15.9 Å². The lowest BCUT2D eigenvalue weighted by molar-refractivity contribution is 0.0488. The van der Waals surface area contributed by atoms with Gasteiger partial charge in [0, 0.05) is 6.04 Å². The molecule has 0 aliphatic heterocycles. The zero-order valence-electron chi connectivity index (χ0n) is 21.1. The summed E-state index contributed by atoms with van der Waals surface area (Å²) in [4.78, 5) is 29.9. The molecule has 1 fully saturated rings. The van der Waals surface area contributed by atoms with Gasteiger partial charge in [-0.1, -0.05) is 43.2 Å². The van der Waals surface area contributed by atoms with Crippen LogP contribution in [0.4, 0.5) is 16.4 Å². The van der Waals surface area contributed by atoms with Crippen molar-refractivity contribution in [3.8, 4) is 0 Å². The van der Waals surface area contributed by atoms with E-state index in [1.807, 2.05) is 65.0 Å². The number of carbonyl (C=O) groups is 2. The number of nitrogen functional groups attached to an aromatic ring is 1. The van der Waals surface area contributed by atoms with E-state index in [0.717, 1.165) is 31.2 Å². The molecule has 1 heterocycles. The number of ether oxygens (including phenoxy) is 1. The third-order valence-corrected chi connectivity index (χ3v) is 6.57. The monoisotopic (exact) mass is 545 g/mol. The van der Waals surface area contributed by atoms with Crippen molar-refractivity contribution in [1.82, 2.24) is 15.6 Å². The number of amides is 2. The van der Waals surface area contributed by atoms with E-state index in [-0.39, 0.29) is 23.8 Å². The van der Waals surface area contributed by atoms with Crippen molar-refractivity contribution in [3.05, 3.63) is 52.0 Å². The number of aromatic nitrogens is 1. The molecule has 2 unspecified atom stereocenters. The lowest BCUT2D eigenvalue weighted by Crippen LogP contribution is -2.50. The van der Waals surface area contributed by atoms with Crippen LogP contribution in [-0.2, 0) is 10.3 Å². The maximum atomic E-state index is 13.1. The average Bonchev–Trinajstić information content (AvgIpc) is 2.76. The lowest BCUT2D eigenvalue weighted by Gasteiger charge is -2.34. The number of hydrogen-bond donors (Lipinski definition) is 4. The van der Waals surface area contributed by atoms with Crippen LogP contribution in [0.1, 0.15) is 76.2 Å². The van der Waals surface area contributed by atoms with Crippen LogP contribution in [0.2, 0.25) is 0 Å². The molecule has 1 aromatic carbocycles. The largest absolute Gasteiger partial charge is 0.444 e. The molecule has 8 nitrogen and oxygen atoms in total. The van der Waals surface area contributed by atoms with E-state index in [9.17, 15) is 9.59 Å². The summed E-state index contributed by atoms with van der Waals surface area (Å²) in [6.45, 7) is 9.40. The lowest BCUT2D eigenvalue weighted by atomic mass is 9.90. The minimum absolute atomic E-state index is 0.0452. The Morgan fingerprint density at radius 2 is 1.69 bits per heavy atom. The fraction of sp³-hybridized carbons (Fsp3) is 0.500. The third kappa shape index (κ3) is 7.34. The molecule has 190 valence electrons. The number of alkyl carbamates (subject to hydrolysis) is 1. The fourth-order valence-electron chi connectivity index (χ4n) is 4.18. The van der Waals surface area contributed by atoms with Gasteiger partial charge in [-0.25, -0.2) is 9.78 Å². The number of nitrogens with two attached hydrogens (primary N) is 1. The van der Waals surface area contributed by atoms with Crippen molar-refractivity contribution >= 4 is 39.6 Å². The number of nitrogens with zero attached hydrogens (tertiary/aromatic N) is 1. The molecule has 0 radical (unpaired) electrons. The van der Waals surface area contributed by atoms with Crippen molar-refractivity contribution in [3.63, 3.8) is 0 Å². The summed E-state index contributed by atoms with van der Waals surface area (Å²) in [5.41, 5.74) is 6.34. The number of halogens is 1. The van der Waals surface area contributed by atoms with Gasteiger partial charge < -0.3 is 26.4 Å². The number of carbonyl (C=O) groups excluding carboxylic acids is 2. The van der Waals surface area contributed by atoms with Crippen LogP contribution < -0.4 is 21.7 Å². The molecule has 1 aromatic heterocycles. The zero-order chi connectivity index (χ0) is 25.8. The highest BCUT2D eigenvalue weighted by molar-refractivity contribution is 9.10. The second-order valence-corrected chi connectivity index (χ2v) is 11.3. The number of anilines is 2. The number of rotatable bonds is 6. The number of benzene rings is 1. The summed E-state index contributed by atoms with van der Waals surface area (Å²) >= 11 is 3.54. The predicted octanol–water partition coefficient (Wildman–Crippen LogP) is 5.34. The van der Waals surface area contributed by atoms with E-state index in [0.29, 0.717) is 15.9 Å². The molecular weight excluding hydrogens is 510 g/mol. The first kappa shape index (κ1) is 26.8. The van der Waals surface area contributed by atoms with Crippen molar-refractivity contribution in [1.29, 1.82) is 0 Å². The second kappa shape index (κ2) is 10.8. The Balaban J connectivity index is 1.73. The Kier molecular flexibility index (Phi) is 8.30. The van der Waals surface area contributed by atoms with Gasteiger partial charge in [-0.15, -0.1) is 0 Å². The molecule has 1 aliphatic carbocycles. The molecule has 3 rings (SSSR count). The first-order valence-corrected chi connectivity index (χ1v) is 12.7. The molecule has 1 saturated carbocycles. The second-order valence-electron chi connectivity index (χ2n) is 10.5. The summed E-state index contributed by atoms with van der Waals surface area (Å²) < 4.78 is 6.05. The molecule has 0 spiro atoms. The van der Waals surface area contributed by atoms with Gasteiger partial charge in [0.2, 0.25) is 0 Å². The van der Waals surface area contributed by atoms with Crippen molar-refractivity contribution in [2.75, 3.05) is 11.1 Å². The first-order chi connectivity index (χ1) is 16.4. The Morgan fingerprint density at radius 3 is 2.31 bits per heavy atom. The smallest absolute Gasteiger partial charge is 0.407 e. The summed E-state index contributed by atoms with van der Waals surface area (Å²) in [7, 11) is 0. The normalized spacial score (nSPS) is 18.5. The molecule has 0 bridgehead atoms. The van der Waals surface area contributed by atoms with Crippen LogP contribution in [0.3, 0.4) is 0 Å². The van der Waals surface area contributed by atoms with Gasteiger partial charge in [0.15, 0.2) is 0 Å². The van der Waals surface area contributed by atoms with Crippen LogP contribution in [0, 0.1) is 0 Å². The average molecular weight is 547 g/mol. The van der Waals surface area contributed by atoms with Gasteiger partial charge in [-0.05, 0) is 75.0 Å². The van der Waals surface area contributed by atoms with E-state index < -0.39 is 17.2 Å². The molecular formula is C26H36BrN5O3. The number of pyridine rings is 1. The Labute approximate surface area is 215 Å². The standard InChI is InChI=1S/C26H36BrN5O3/c1-25(2,3)35-24(34)30-20-14-10-9-13-19(20)29-22-18(27)15-17(21(28)31-22)23(33)32-26(4,5)16-11-7-6-8-12-16/h6-8,11-12,15,19-20H,9-10,13-14H2,1-5H3,(H,30,34)(H,32,33)(H3,28,29,31). The van der Waals surface area contributed by atoms with Gasteiger partial charge in [0.25, 0.3) is 5.91 Å². The first-order valence-electron chi connectivity index (χ1n) is 12.0.